The molecule has 1 fully saturated rings. The quantitative estimate of drug-likeness (QED) is 0.630. The highest BCUT2D eigenvalue weighted by Crippen LogP contribution is 2.14. The van der Waals surface area contributed by atoms with Crippen LogP contribution in [0, 0.1) is 0 Å². The third kappa shape index (κ3) is 3.36. The monoisotopic (exact) mass is 278 g/mol. The van der Waals surface area contributed by atoms with E-state index in [4.69, 9.17) is 9.47 Å². The van der Waals surface area contributed by atoms with Gasteiger partial charge in [-0.2, -0.15) is 0 Å². The number of hydrogen-bond donors (Lipinski definition) is 1. The average molecular weight is 278 g/mol. The summed E-state index contributed by atoms with van der Waals surface area (Å²) in [6, 6.07) is 6.63. The van der Waals surface area contributed by atoms with E-state index in [-0.39, 0.29) is 17.8 Å². The molecule has 1 aliphatic rings. The van der Waals surface area contributed by atoms with Gasteiger partial charge in [-0.1, -0.05) is 0 Å². The van der Waals surface area contributed by atoms with Crippen molar-refractivity contribution >= 4 is 11.8 Å². The summed E-state index contributed by atoms with van der Waals surface area (Å²) in [5.41, 5.74) is 0.515. The zero-order chi connectivity index (χ0) is 14.5. The predicted molar refractivity (Wildman–Crippen MR) is 72.7 cm³/mol. The van der Waals surface area contributed by atoms with Gasteiger partial charge in [-0.3, -0.25) is 4.79 Å². The molecule has 1 aliphatic heterocycles. The summed E-state index contributed by atoms with van der Waals surface area (Å²) >= 11 is 0. The summed E-state index contributed by atoms with van der Waals surface area (Å²) in [5, 5.41) is 1.97. The van der Waals surface area contributed by atoms with Crippen LogP contribution in [0.2, 0.25) is 0 Å². The van der Waals surface area contributed by atoms with E-state index in [2.05, 4.69) is 0 Å². The van der Waals surface area contributed by atoms with E-state index in [1.54, 1.807) is 38.3 Å². The Hall–Kier alpha value is -1.88. The molecule has 108 valence electrons. The SMILES string of the molecule is COc1ccc(C(=O)[C@@H](C)OC(=O)[C@H]2CCC[NH2+]2)cc1. The van der Waals surface area contributed by atoms with E-state index in [1.807, 2.05) is 5.32 Å². The van der Waals surface area contributed by atoms with Gasteiger partial charge in [0.15, 0.2) is 12.1 Å². The number of carbonyl (C=O) groups is 2. The maximum Gasteiger partial charge on any atom is 0.365 e. The number of quaternary nitrogens is 1. The second kappa shape index (κ2) is 6.52. The smallest absolute Gasteiger partial charge is 0.365 e. The predicted octanol–water partition coefficient (Wildman–Crippen LogP) is 0.535. The Labute approximate surface area is 118 Å². The molecular formula is C15H20NO4+. The molecule has 0 bridgehead atoms. The van der Waals surface area contributed by atoms with Gasteiger partial charge in [-0.15, -0.1) is 0 Å². The third-order valence-corrected chi connectivity index (χ3v) is 3.51. The summed E-state index contributed by atoms with van der Waals surface area (Å²) in [7, 11) is 1.57. The highest BCUT2D eigenvalue weighted by Gasteiger charge is 2.30. The van der Waals surface area contributed by atoms with Crippen LogP contribution < -0.4 is 10.1 Å². The molecule has 5 heteroatoms. The normalized spacial score (nSPS) is 19.4. The van der Waals surface area contributed by atoms with Crippen LogP contribution in [0.15, 0.2) is 24.3 Å². The molecule has 0 saturated carbocycles. The molecule has 0 aromatic heterocycles. The summed E-state index contributed by atoms with van der Waals surface area (Å²) in [6.07, 6.45) is 1.08. The van der Waals surface area contributed by atoms with E-state index >= 15 is 0 Å². The second-order valence-corrected chi connectivity index (χ2v) is 4.94. The summed E-state index contributed by atoms with van der Waals surface area (Å²) in [6.45, 7) is 2.56. The minimum absolute atomic E-state index is 0.152. The number of rotatable bonds is 5. The van der Waals surface area contributed by atoms with Gasteiger partial charge >= 0.3 is 5.97 Å². The van der Waals surface area contributed by atoms with Gasteiger partial charge in [0.2, 0.25) is 5.78 Å². The second-order valence-electron chi connectivity index (χ2n) is 4.94. The first-order valence-electron chi connectivity index (χ1n) is 6.84. The Morgan fingerprint density at radius 2 is 2.00 bits per heavy atom. The number of Topliss-reactive ketones (excluding diaryl/α,β-unsaturated/α-hetero) is 1. The lowest BCUT2D eigenvalue weighted by molar-refractivity contribution is -0.659. The number of benzene rings is 1. The van der Waals surface area contributed by atoms with E-state index in [0.29, 0.717) is 11.3 Å². The number of ether oxygens (including phenoxy) is 2. The Morgan fingerprint density at radius 1 is 1.30 bits per heavy atom. The maximum atomic E-state index is 12.2. The minimum atomic E-state index is -0.759. The number of hydrogen-bond acceptors (Lipinski definition) is 4. The van der Waals surface area contributed by atoms with Crippen molar-refractivity contribution in [3.8, 4) is 5.75 Å². The van der Waals surface area contributed by atoms with E-state index in [1.165, 1.54) is 0 Å². The first-order valence-corrected chi connectivity index (χ1v) is 6.84. The molecule has 0 spiro atoms. The van der Waals surface area contributed by atoms with Gasteiger partial charge in [-0.25, -0.2) is 4.79 Å². The largest absolute Gasteiger partial charge is 0.497 e. The molecule has 5 nitrogen and oxygen atoms in total. The van der Waals surface area contributed by atoms with Crippen molar-refractivity contribution in [2.75, 3.05) is 13.7 Å². The van der Waals surface area contributed by atoms with Gasteiger partial charge in [0, 0.05) is 18.4 Å². The van der Waals surface area contributed by atoms with Crippen LogP contribution in [0.5, 0.6) is 5.75 Å². The van der Waals surface area contributed by atoms with Crippen molar-refractivity contribution in [2.24, 2.45) is 0 Å². The summed E-state index contributed by atoms with van der Waals surface area (Å²) in [4.78, 5) is 24.0. The van der Waals surface area contributed by atoms with Gasteiger partial charge in [-0.05, 0) is 31.2 Å². The topological polar surface area (TPSA) is 69.2 Å². The number of ketones is 1. The van der Waals surface area contributed by atoms with Crippen molar-refractivity contribution in [1.82, 2.24) is 0 Å². The fraction of sp³-hybridized carbons (Fsp3) is 0.467. The fourth-order valence-corrected chi connectivity index (χ4v) is 2.29. The molecule has 0 unspecified atom stereocenters. The van der Waals surface area contributed by atoms with Crippen LogP contribution in [0.4, 0.5) is 0 Å². The molecule has 2 N–H and O–H groups in total. The number of nitrogens with two attached hydrogens (primary N) is 1. The van der Waals surface area contributed by atoms with Gasteiger partial charge in [0.1, 0.15) is 5.75 Å². The van der Waals surface area contributed by atoms with Gasteiger partial charge < -0.3 is 14.8 Å². The van der Waals surface area contributed by atoms with Crippen LogP contribution in [-0.2, 0) is 9.53 Å². The zero-order valence-corrected chi connectivity index (χ0v) is 11.8. The van der Waals surface area contributed by atoms with Crippen molar-refractivity contribution in [3.63, 3.8) is 0 Å². The van der Waals surface area contributed by atoms with E-state index in [0.717, 1.165) is 19.4 Å². The lowest BCUT2D eigenvalue weighted by atomic mass is 10.1. The van der Waals surface area contributed by atoms with Crippen LogP contribution >= 0.6 is 0 Å². The first kappa shape index (κ1) is 14.5. The summed E-state index contributed by atoms with van der Waals surface area (Å²) < 4.78 is 10.3. The third-order valence-electron chi connectivity index (χ3n) is 3.51. The Balaban J connectivity index is 1.95. The van der Waals surface area contributed by atoms with Crippen molar-refractivity contribution in [1.29, 1.82) is 0 Å². The lowest BCUT2D eigenvalue weighted by Gasteiger charge is -2.14. The fourth-order valence-electron chi connectivity index (χ4n) is 2.29. The number of carbonyl (C=O) groups excluding carboxylic acids is 2. The van der Waals surface area contributed by atoms with Crippen molar-refractivity contribution in [3.05, 3.63) is 29.8 Å². The zero-order valence-electron chi connectivity index (χ0n) is 11.8. The molecule has 2 atom stereocenters. The molecule has 1 saturated heterocycles. The van der Waals surface area contributed by atoms with Crippen molar-refractivity contribution < 1.29 is 24.4 Å². The Bertz CT molecular complexity index is 477. The summed E-state index contributed by atoms with van der Waals surface area (Å²) in [5.74, 6) is 0.197. The molecule has 0 amide bonds. The standard InChI is InChI=1S/C15H19NO4/c1-10(20-15(18)13-4-3-9-16-13)14(17)11-5-7-12(19-2)8-6-11/h5-8,10,13,16H,3-4,9H2,1-2H3/p+1/t10-,13-/m1/s1. The number of esters is 1. The highest BCUT2D eigenvalue weighted by molar-refractivity contribution is 6.00. The molecular weight excluding hydrogens is 258 g/mol. The molecule has 0 aliphatic carbocycles. The molecule has 2 rings (SSSR count). The van der Waals surface area contributed by atoms with Crippen molar-refractivity contribution in [2.45, 2.75) is 31.9 Å². The molecule has 1 aromatic carbocycles. The maximum absolute atomic E-state index is 12.2. The molecule has 0 radical (unpaired) electrons. The molecule has 1 aromatic rings. The van der Waals surface area contributed by atoms with E-state index < -0.39 is 6.10 Å². The number of methoxy groups -OCH3 is 1. The highest BCUT2D eigenvalue weighted by atomic mass is 16.5. The average Bonchev–Trinajstić information content (AvgIpc) is 3.01. The van der Waals surface area contributed by atoms with Gasteiger partial charge in [0.25, 0.3) is 0 Å². The van der Waals surface area contributed by atoms with Crippen LogP contribution in [0.3, 0.4) is 0 Å². The minimum Gasteiger partial charge on any atom is -0.497 e. The molecule has 20 heavy (non-hydrogen) atoms. The first-order chi connectivity index (χ1) is 9.61. The Morgan fingerprint density at radius 3 is 2.55 bits per heavy atom. The Kier molecular flexibility index (Phi) is 4.74. The molecule has 1 heterocycles. The van der Waals surface area contributed by atoms with E-state index in [9.17, 15) is 9.59 Å². The van der Waals surface area contributed by atoms with Crippen LogP contribution in [0.1, 0.15) is 30.1 Å². The van der Waals surface area contributed by atoms with Crippen LogP contribution in [-0.4, -0.2) is 37.6 Å². The van der Waals surface area contributed by atoms with Crippen LogP contribution in [0.25, 0.3) is 0 Å². The van der Waals surface area contributed by atoms with Gasteiger partial charge in [0.05, 0.1) is 13.7 Å². The lowest BCUT2D eigenvalue weighted by Crippen LogP contribution is -2.88.